The Hall–Kier alpha value is -2.84. The van der Waals surface area contributed by atoms with E-state index in [-0.39, 0.29) is 42.0 Å². The largest absolute Gasteiger partial charge is 0.449 e. The van der Waals surface area contributed by atoms with E-state index >= 15 is 0 Å². The molecule has 0 bridgehead atoms. The van der Waals surface area contributed by atoms with Crippen molar-refractivity contribution in [2.75, 3.05) is 13.2 Å². The van der Waals surface area contributed by atoms with E-state index in [1.807, 2.05) is 32.9 Å². The fraction of sp³-hybridized carbons (Fsp3) is 0.652. The molecule has 180 valence electrons. The highest BCUT2D eigenvalue weighted by molar-refractivity contribution is 5.83. The van der Waals surface area contributed by atoms with Crippen molar-refractivity contribution in [1.82, 2.24) is 10.6 Å². The summed E-state index contributed by atoms with van der Waals surface area (Å²) in [7, 11) is 0. The van der Waals surface area contributed by atoms with Crippen molar-refractivity contribution in [2.45, 2.75) is 59.3 Å². The second-order valence-electron chi connectivity index (χ2n) is 8.68. The van der Waals surface area contributed by atoms with Crippen LogP contribution in [-0.4, -0.2) is 37.0 Å². The molecule has 0 aromatic heterocycles. The number of amides is 4. The molecule has 0 saturated carbocycles. The number of ether oxygens (including phenoxy) is 1. The third kappa shape index (κ3) is 11.0. The fourth-order valence-electron chi connectivity index (χ4n) is 3.82. The number of hydrogen-bond acceptors (Lipinski definition) is 5. The van der Waals surface area contributed by atoms with Crippen LogP contribution in [0.15, 0.2) is 23.9 Å². The maximum atomic E-state index is 13.1. The highest BCUT2D eigenvalue weighted by Crippen LogP contribution is 2.27. The van der Waals surface area contributed by atoms with Gasteiger partial charge in [0.1, 0.15) is 5.78 Å². The number of nitrogens with two attached hydrogens (primary N) is 2. The Balaban J connectivity index is 2.78. The first-order valence-electron chi connectivity index (χ1n) is 11.3. The van der Waals surface area contributed by atoms with Gasteiger partial charge in [-0.2, -0.15) is 0 Å². The number of nitrogens with one attached hydrogen (secondary N) is 2. The maximum absolute atomic E-state index is 13.1. The van der Waals surface area contributed by atoms with Gasteiger partial charge in [-0.3, -0.25) is 9.59 Å². The summed E-state index contributed by atoms with van der Waals surface area (Å²) in [6.45, 7) is 6.55. The lowest BCUT2D eigenvalue weighted by Gasteiger charge is -2.26. The Bertz CT molecular complexity index is 717. The lowest BCUT2D eigenvalue weighted by atomic mass is 9.81. The summed E-state index contributed by atoms with van der Waals surface area (Å²) < 4.78 is 4.82. The van der Waals surface area contributed by atoms with Crippen LogP contribution in [0.2, 0.25) is 0 Å². The molecular formula is C23H38N4O5. The molecule has 0 heterocycles. The van der Waals surface area contributed by atoms with E-state index in [9.17, 15) is 19.2 Å². The van der Waals surface area contributed by atoms with Crippen molar-refractivity contribution < 1.29 is 23.9 Å². The molecule has 0 aromatic rings. The van der Waals surface area contributed by atoms with Gasteiger partial charge in [-0.15, -0.1) is 0 Å². The second kappa shape index (κ2) is 14.3. The summed E-state index contributed by atoms with van der Waals surface area (Å²) in [5.41, 5.74) is 10.8. The van der Waals surface area contributed by atoms with Crippen LogP contribution in [0.3, 0.4) is 0 Å². The van der Waals surface area contributed by atoms with Gasteiger partial charge in [-0.05, 0) is 37.2 Å². The van der Waals surface area contributed by atoms with Gasteiger partial charge in [0.05, 0.1) is 6.61 Å². The lowest BCUT2D eigenvalue weighted by Crippen LogP contribution is -2.36. The lowest BCUT2D eigenvalue weighted by molar-refractivity contribution is -0.127. The van der Waals surface area contributed by atoms with Crippen LogP contribution in [0.5, 0.6) is 0 Å². The molecule has 4 amide bonds. The van der Waals surface area contributed by atoms with Crippen LogP contribution >= 0.6 is 0 Å². The number of ketones is 1. The molecule has 0 aliphatic heterocycles. The molecular weight excluding hydrogens is 412 g/mol. The third-order valence-electron chi connectivity index (χ3n) is 5.44. The van der Waals surface area contributed by atoms with Crippen molar-refractivity contribution >= 4 is 23.8 Å². The summed E-state index contributed by atoms with van der Waals surface area (Å²) >= 11 is 0. The molecule has 1 aliphatic rings. The fourth-order valence-corrected chi connectivity index (χ4v) is 3.82. The molecule has 1 rings (SSSR count). The summed E-state index contributed by atoms with van der Waals surface area (Å²) in [5.74, 6) is -0.146. The van der Waals surface area contributed by atoms with Crippen molar-refractivity contribution in [2.24, 2.45) is 35.1 Å². The Labute approximate surface area is 190 Å². The van der Waals surface area contributed by atoms with Crippen LogP contribution in [0.1, 0.15) is 59.3 Å². The summed E-state index contributed by atoms with van der Waals surface area (Å²) in [6, 6.07) is -0.600. The normalized spacial score (nSPS) is 17.2. The minimum absolute atomic E-state index is 0.0101. The van der Waals surface area contributed by atoms with Gasteiger partial charge < -0.3 is 26.8 Å². The number of carbonyl (C=O) groups excluding carboxylic acids is 4. The number of allylic oxidation sites excluding steroid dienone is 2. The molecule has 0 aromatic carbocycles. The van der Waals surface area contributed by atoms with E-state index < -0.39 is 12.1 Å². The minimum Gasteiger partial charge on any atom is -0.449 e. The highest BCUT2D eigenvalue weighted by Gasteiger charge is 2.29. The maximum Gasteiger partial charge on any atom is 0.404 e. The van der Waals surface area contributed by atoms with Crippen LogP contribution in [0.25, 0.3) is 0 Å². The zero-order chi connectivity index (χ0) is 24.1. The average molecular weight is 451 g/mol. The number of Topliss-reactive ketones (excluding diaryl/α,β-unsaturated/α-hetero) is 1. The van der Waals surface area contributed by atoms with Gasteiger partial charge in [0.15, 0.2) is 0 Å². The number of carbonyl (C=O) groups is 4. The topological polar surface area (TPSA) is 154 Å². The molecule has 0 fully saturated rings. The molecule has 32 heavy (non-hydrogen) atoms. The van der Waals surface area contributed by atoms with Crippen LogP contribution < -0.4 is 22.1 Å². The molecule has 0 radical (unpaired) electrons. The molecule has 3 atom stereocenters. The van der Waals surface area contributed by atoms with Crippen molar-refractivity contribution in [3.8, 4) is 0 Å². The van der Waals surface area contributed by atoms with E-state index in [0.717, 1.165) is 0 Å². The monoisotopic (exact) mass is 450 g/mol. The van der Waals surface area contributed by atoms with Crippen molar-refractivity contribution in [3.63, 3.8) is 0 Å². The van der Waals surface area contributed by atoms with E-state index in [4.69, 9.17) is 16.2 Å². The van der Waals surface area contributed by atoms with Gasteiger partial charge in [-0.1, -0.05) is 39.3 Å². The summed E-state index contributed by atoms with van der Waals surface area (Å²) in [4.78, 5) is 47.3. The van der Waals surface area contributed by atoms with Crippen LogP contribution in [-0.2, 0) is 14.3 Å². The molecule has 9 heteroatoms. The van der Waals surface area contributed by atoms with Crippen LogP contribution in [0.4, 0.5) is 9.59 Å². The average Bonchev–Trinajstić information content (AvgIpc) is 2.71. The molecule has 0 saturated heterocycles. The number of hydrogen-bond donors (Lipinski definition) is 4. The first-order valence-corrected chi connectivity index (χ1v) is 11.3. The molecule has 9 nitrogen and oxygen atoms in total. The zero-order valence-corrected chi connectivity index (χ0v) is 19.4. The summed E-state index contributed by atoms with van der Waals surface area (Å²) in [6.07, 6.45) is 8.00. The number of primary amides is 2. The minimum atomic E-state index is -0.812. The first kappa shape index (κ1) is 27.2. The molecule has 3 unspecified atom stereocenters. The van der Waals surface area contributed by atoms with E-state index in [1.54, 1.807) is 6.08 Å². The van der Waals surface area contributed by atoms with Crippen molar-refractivity contribution in [1.29, 1.82) is 0 Å². The SMILES string of the molecule is CCC(CC(=O)CC(C)C)C(CCCNC(N)=O)C(=O)NC1=CCC(COC(N)=O)C=C1. The predicted molar refractivity (Wildman–Crippen MR) is 122 cm³/mol. The molecule has 6 N–H and O–H groups in total. The number of urea groups is 1. The quantitative estimate of drug-likeness (QED) is 0.300. The second-order valence-corrected chi connectivity index (χ2v) is 8.68. The van der Waals surface area contributed by atoms with Crippen molar-refractivity contribution in [3.05, 3.63) is 23.9 Å². The standard InChI is InChI=1S/C23H38N4O5/c1-4-17(13-19(28)12-15(2)3)20(6-5-11-26-22(24)30)21(29)27-18-9-7-16(8-10-18)14-32-23(25)31/h7,9-10,15-17,20H,4-6,8,11-14H2,1-3H3,(H2,25,31)(H,27,29)(H3,24,26,30). The van der Waals surface area contributed by atoms with Crippen LogP contribution in [0, 0.1) is 23.7 Å². The first-order chi connectivity index (χ1) is 15.1. The highest BCUT2D eigenvalue weighted by atomic mass is 16.5. The summed E-state index contributed by atoms with van der Waals surface area (Å²) in [5, 5.41) is 5.51. The van der Waals surface area contributed by atoms with Gasteiger partial charge in [0.25, 0.3) is 0 Å². The Morgan fingerprint density at radius 3 is 2.44 bits per heavy atom. The van der Waals surface area contributed by atoms with Gasteiger partial charge in [-0.25, -0.2) is 9.59 Å². The molecule has 1 aliphatic carbocycles. The van der Waals surface area contributed by atoms with E-state index in [0.29, 0.717) is 50.8 Å². The predicted octanol–water partition coefficient (Wildman–Crippen LogP) is 2.75. The number of rotatable bonds is 14. The Morgan fingerprint density at radius 2 is 1.91 bits per heavy atom. The van der Waals surface area contributed by atoms with Gasteiger partial charge in [0, 0.05) is 36.9 Å². The molecule has 0 spiro atoms. The van der Waals surface area contributed by atoms with Gasteiger partial charge >= 0.3 is 12.1 Å². The Kier molecular flexibility index (Phi) is 12.1. The van der Waals surface area contributed by atoms with E-state index in [1.165, 1.54) is 0 Å². The third-order valence-corrected chi connectivity index (χ3v) is 5.44. The Morgan fingerprint density at radius 1 is 1.19 bits per heavy atom. The van der Waals surface area contributed by atoms with Gasteiger partial charge in [0.2, 0.25) is 5.91 Å². The zero-order valence-electron chi connectivity index (χ0n) is 19.4. The smallest absolute Gasteiger partial charge is 0.404 e. The van der Waals surface area contributed by atoms with E-state index in [2.05, 4.69) is 10.6 Å².